The van der Waals surface area contributed by atoms with Gasteiger partial charge in [0.2, 0.25) is 0 Å². The summed E-state index contributed by atoms with van der Waals surface area (Å²) in [6, 6.07) is 4.88. The molecule has 1 aromatic rings. The number of ether oxygens (including phenoxy) is 1. The van der Waals surface area contributed by atoms with Gasteiger partial charge in [0, 0.05) is 17.2 Å². The zero-order chi connectivity index (χ0) is 10.6. The van der Waals surface area contributed by atoms with E-state index in [0.29, 0.717) is 16.3 Å². The lowest BCUT2D eigenvalue weighted by Crippen LogP contribution is -1.94. The highest BCUT2D eigenvalue weighted by Gasteiger charge is 1.97. The van der Waals surface area contributed by atoms with Crippen LogP contribution in [0.2, 0.25) is 5.02 Å². The molecule has 0 saturated carbocycles. The summed E-state index contributed by atoms with van der Waals surface area (Å²) in [6.07, 6.45) is 0. The maximum atomic E-state index is 10.7. The number of methoxy groups -OCH3 is 1. The van der Waals surface area contributed by atoms with Crippen molar-refractivity contribution in [3.8, 4) is 11.8 Å². The third-order valence-corrected chi connectivity index (χ3v) is 1.80. The smallest absolute Gasteiger partial charge is 0.384 e. The van der Waals surface area contributed by atoms with E-state index >= 15 is 0 Å². The zero-order valence-corrected chi connectivity index (χ0v) is 8.26. The molecule has 0 atom stereocenters. The normalized spacial score (nSPS) is 8.71. The number of esters is 1. The number of nitrogens with two attached hydrogens (primary N) is 1. The van der Waals surface area contributed by atoms with Gasteiger partial charge in [-0.25, -0.2) is 4.79 Å². The Morgan fingerprint density at radius 2 is 2.29 bits per heavy atom. The quantitative estimate of drug-likeness (QED) is 0.400. The van der Waals surface area contributed by atoms with Crippen LogP contribution < -0.4 is 5.73 Å². The van der Waals surface area contributed by atoms with Gasteiger partial charge in [-0.2, -0.15) is 0 Å². The summed E-state index contributed by atoms with van der Waals surface area (Å²) in [6.45, 7) is 0. The molecule has 0 aliphatic rings. The van der Waals surface area contributed by atoms with Crippen LogP contribution in [0.5, 0.6) is 0 Å². The van der Waals surface area contributed by atoms with Crippen LogP contribution in [-0.2, 0) is 9.53 Å². The predicted molar refractivity (Wildman–Crippen MR) is 54.8 cm³/mol. The van der Waals surface area contributed by atoms with Crippen molar-refractivity contribution in [1.82, 2.24) is 0 Å². The lowest BCUT2D eigenvalue weighted by atomic mass is 10.2. The van der Waals surface area contributed by atoms with Gasteiger partial charge in [0.05, 0.1) is 12.1 Å². The summed E-state index contributed by atoms with van der Waals surface area (Å²) in [4.78, 5) is 10.7. The zero-order valence-electron chi connectivity index (χ0n) is 7.50. The lowest BCUT2D eigenvalue weighted by Gasteiger charge is -1.96. The highest BCUT2D eigenvalue weighted by Crippen LogP contribution is 2.17. The van der Waals surface area contributed by atoms with E-state index in [1.165, 1.54) is 7.11 Å². The Hall–Kier alpha value is -1.66. The minimum atomic E-state index is -0.608. The molecule has 4 heteroatoms. The van der Waals surface area contributed by atoms with Crippen LogP contribution in [0.3, 0.4) is 0 Å². The average molecular weight is 210 g/mol. The summed E-state index contributed by atoms with van der Waals surface area (Å²) in [7, 11) is 1.26. The van der Waals surface area contributed by atoms with Gasteiger partial charge in [-0.3, -0.25) is 0 Å². The van der Waals surface area contributed by atoms with Crippen molar-refractivity contribution < 1.29 is 9.53 Å². The summed E-state index contributed by atoms with van der Waals surface area (Å²) < 4.78 is 4.36. The van der Waals surface area contributed by atoms with Crippen molar-refractivity contribution in [3.63, 3.8) is 0 Å². The van der Waals surface area contributed by atoms with Crippen molar-refractivity contribution in [1.29, 1.82) is 0 Å². The molecule has 0 aliphatic carbocycles. The van der Waals surface area contributed by atoms with E-state index in [0.717, 1.165) is 0 Å². The average Bonchev–Trinajstić information content (AvgIpc) is 2.19. The number of anilines is 1. The summed E-state index contributed by atoms with van der Waals surface area (Å²) in [5.74, 6) is 4.23. The van der Waals surface area contributed by atoms with Crippen LogP contribution in [-0.4, -0.2) is 13.1 Å². The van der Waals surface area contributed by atoms with Gasteiger partial charge in [0.1, 0.15) is 0 Å². The van der Waals surface area contributed by atoms with E-state index in [2.05, 4.69) is 16.6 Å². The molecule has 0 saturated heterocycles. The molecule has 3 nitrogen and oxygen atoms in total. The van der Waals surface area contributed by atoms with Crippen LogP contribution >= 0.6 is 11.6 Å². The van der Waals surface area contributed by atoms with Gasteiger partial charge >= 0.3 is 5.97 Å². The third-order valence-electron chi connectivity index (χ3n) is 1.48. The standard InChI is InChI=1S/C10H8ClNO2/c1-14-10(13)5-2-7-6-8(12)3-4-9(7)11/h3-4,6H,12H2,1H3. The van der Waals surface area contributed by atoms with Crippen LogP contribution in [0, 0.1) is 11.8 Å². The maximum Gasteiger partial charge on any atom is 0.384 e. The molecule has 1 rings (SSSR count). The minimum Gasteiger partial charge on any atom is -0.459 e. The summed E-state index contributed by atoms with van der Waals surface area (Å²) >= 11 is 5.81. The SMILES string of the molecule is COC(=O)C#Cc1cc(N)ccc1Cl. The molecule has 0 radical (unpaired) electrons. The van der Waals surface area contributed by atoms with E-state index in [-0.39, 0.29) is 0 Å². The Balaban J connectivity index is 3.00. The van der Waals surface area contributed by atoms with E-state index in [1.807, 2.05) is 0 Å². The van der Waals surface area contributed by atoms with Crippen LogP contribution in [0.25, 0.3) is 0 Å². The van der Waals surface area contributed by atoms with E-state index in [4.69, 9.17) is 17.3 Å². The fourth-order valence-electron chi connectivity index (χ4n) is 0.808. The second kappa shape index (κ2) is 4.54. The first-order valence-corrected chi connectivity index (χ1v) is 4.16. The Morgan fingerprint density at radius 1 is 1.57 bits per heavy atom. The van der Waals surface area contributed by atoms with Crippen LogP contribution in [0.4, 0.5) is 5.69 Å². The topological polar surface area (TPSA) is 52.3 Å². The highest BCUT2D eigenvalue weighted by molar-refractivity contribution is 6.31. The number of halogens is 1. The predicted octanol–water partition coefficient (Wildman–Crippen LogP) is 1.45. The van der Waals surface area contributed by atoms with E-state index in [1.54, 1.807) is 18.2 Å². The molecule has 0 aromatic heterocycles. The van der Waals surface area contributed by atoms with Gasteiger partial charge in [-0.15, -0.1) is 0 Å². The minimum absolute atomic E-state index is 0.454. The van der Waals surface area contributed by atoms with E-state index < -0.39 is 5.97 Å². The summed E-state index contributed by atoms with van der Waals surface area (Å²) in [5.41, 5.74) is 6.58. The first kappa shape index (κ1) is 10.4. The third kappa shape index (κ3) is 2.68. The van der Waals surface area contributed by atoms with Crippen LogP contribution in [0.15, 0.2) is 18.2 Å². The number of carbonyl (C=O) groups is 1. The first-order valence-electron chi connectivity index (χ1n) is 3.78. The van der Waals surface area contributed by atoms with Crippen molar-refractivity contribution in [2.75, 3.05) is 12.8 Å². The van der Waals surface area contributed by atoms with Crippen molar-refractivity contribution in [2.45, 2.75) is 0 Å². The molecule has 0 fully saturated rings. The molecule has 0 aliphatic heterocycles. The number of carbonyl (C=O) groups excluding carboxylic acids is 1. The Labute approximate surface area is 86.8 Å². The molecular formula is C10H8ClNO2. The molecule has 0 heterocycles. The van der Waals surface area contributed by atoms with Gasteiger partial charge in [0.25, 0.3) is 0 Å². The number of rotatable bonds is 0. The lowest BCUT2D eigenvalue weighted by molar-refractivity contribution is -0.133. The molecule has 0 amide bonds. The monoisotopic (exact) mass is 209 g/mol. The fourth-order valence-corrected chi connectivity index (χ4v) is 0.973. The first-order chi connectivity index (χ1) is 6.63. The molecule has 0 bridgehead atoms. The number of hydrogen-bond donors (Lipinski definition) is 1. The molecule has 2 N–H and O–H groups in total. The van der Waals surface area contributed by atoms with Crippen LogP contribution in [0.1, 0.15) is 5.56 Å². The van der Waals surface area contributed by atoms with Crippen molar-refractivity contribution in [2.24, 2.45) is 0 Å². The molecular weight excluding hydrogens is 202 g/mol. The molecule has 72 valence electrons. The second-order valence-corrected chi connectivity index (χ2v) is 2.89. The number of hydrogen-bond acceptors (Lipinski definition) is 3. The number of nitrogen functional groups attached to an aromatic ring is 1. The molecule has 1 aromatic carbocycles. The van der Waals surface area contributed by atoms with Gasteiger partial charge in [-0.05, 0) is 18.2 Å². The second-order valence-electron chi connectivity index (χ2n) is 2.48. The van der Waals surface area contributed by atoms with Crippen molar-refractivity contribution >= 4 is 23.3 Å². The van der Waals surface area contributed by atoms with Gasteiger partial charge in [-0.1, -0.05) is 17.5 Å². The molecule has 14 heavy (non-hydrogen) atoms. The summed E-state index contributed by atoms with van der Waals surface area (Å²) in [5, 5.41) is 0.454. The van der Waals surface area contributed by atoms with Gasteiger partial charge < -0.3 is 10.5 Å². The maximum absolute atomic E-state index is 10.7. The Morgan fingerprint density at radius 3 is 2.93 bits per heavy atom. The Kier molecular flexibility index (Phi) is 3.38. The fraction of sp³-hybridized carbons (Fsp3) is 0.100. The molecule has 0 spiro atoms. The Bertz CT molecular complexity index is 418. The highest BCUT2D eigenvalue weighted by atomic mass is 35.5. The largest absolute Gasteiger partial charge is 0.459 e. The molecule has 0 unspecified atom stereocenters. The van der Waals surface area contributed by atoms with Gasteiger partial charge in [0.15, 0.2) is 0 Å². The van der Waals surface area contributed by atoms with E-state index in [9.17, 15) is 4.79 Å². The van der Waals surface area contributed by atoms with Crippen molar-refractivity contribution in [3.05, 3.63) is 28.8 Å². The number of benzene rings is 1.